The maximum absolute atomic E-state index is 13.9. The average Bonchev–Trinajstić information content (AvgIpc) is 3.74. The van der Waals surface area contributed by atoms with Crippen molar-refractivity contribution in [3.05, 3.63) is 60.2 Å². The summed E-state index contributed by atoms with van der Waals surface area (Å²) in [5, 5.41) is 14.3. The molecule has 236 valence electrons. The third-order valence-corrected chi connectivity index (χ3v) is 9.58. The van der Waals surface area contributed by atoms with Crippen LogP contribution in [0.2, 0.25) is 0 Å². The van der Waals surface area contributed by atoms with Gasteiger partial charge in [-0.1, -0.05) is 53.7 Å². The molecule has 5 rings (SSSR count). The Labute approximate surface area is 253 Å². The van der Waals surface area contributed by atoms with Gasteiger partial charge in [0, 0.05) is 6.07 Å². The minimum atomic E-state index is -4.21. The van der Waals surface area contributed by atoms with Gasteiger partial charge < -0.3 is 29.4 Å². The van der Waals surface area contributed by atoms with Crippen LogP contribution in [0.5, 0.6) is 5.75 Å². The van der Waals surface area contributed by atoms with E-state index in [1.807, 2.05) is 44.2 Å². The molecule has 2 saturated heterocycles. The predicted molar refractivity (Wildman–Crippen MR) is 157 cm³/mol. The molecule has 2 heterocycles. The van der Waals surface area contributed by atoms with E-state index in [0.717, 1.165) is 29.3 Å². The van der Waals surface area contributed by atoms with Crippen LogP contribution in [0.25, 0.3) is 0 Å². The molecular formula is C31H42N2O9S. The van der Waals surface area contributed by atoms with Gasteiger partial charge in [-0.25, -0.2) is 13.2 Å². The van der Waals surface area contributed by atoms with Crippen LogP contribution in [0.3, 0.4) is 0 Å². The zero-order valence-electron chi connectivity index (χ0n) is 24.7. The molecule has 2 aromatic rings. The highest BCUT2D eigenvalue weighted by atomic mass is 32.2. The Balaban J connectivity index is 1.35. The summed E-state index contributed by atoms with van der Waals surface area (Å²) in [6.07, 6.45) is 0.927. The van der Waals surface area contributed by atoms with Crippen LogP contribution in [0, 0.1) is 5.92 Å². The highest BCUT2D eigenvalue weighted by molar-refractivity contribution is 7.89. The van der Waals surface area contributed by atoms with Crippen LogP contribution in [0.15, 0.2) is 59.5 Å². The molecule has 2 aliphatic heterocycles. The lowest BCUT2D eigenvalue weighted by Crippen LogP contribution is -2.51. The molecule has 0 bridgehead atoms. The van der Waals surface area contributed by atoms with E-state index in [-0.39, 0.29) is 42.3 Å². The first-order valence-electron chi connectivity index (χ1n) is 15.1. The molecular weight excluding hydrogens is 576 g/mol. The molecule has 43 heavy (non-hydrogen) atoms. The van der Waals surface area contributed by atoms with Gasteiger partial charge in [0.25, 0.3) is 10.0 Å². The number of carbonyl (C=O) groups is 1. The van der Waals surface area contributed by atoms with Crippen molar-refractivity contribution in [1.82, 2.24) is 9.79 Å². The van der Waals surface area contributed by atoms with Crippen molar-refractivity contribution >= 4 is 16.1 Å². The van der Waals surface area contributed by atoms with Crippen molar-refractivity contribution in [2.24, 2.45) is 5.92 Å². The largest absolute Gasteiger partial charge is 0.491 e. The fraction of sp³-hybridized carbons (Fsp3) is 0.581. The van der Waals surface area contributed by atoms with Crippen LogP contribution < -0.4 is 10.1 Å². The number of hydroxylamine groups is 1. The zero-order chi connectivity index (χ0) is 30.4. The van der Waals surface area contributed by atoms with Crippen LogP contribution in [-0.2, 0) is 35.5 Å². The maximum atomic E-state index is 13.9. The summed E-state index contributed by atoms with van der Waals surface area (Å²) >= 11 is 0. The number of sulfonamides is 1. The van der Waals surface area contributed by atoms with Crippen molar-refractivity contribution in [2.45, 2.75) is 94.0 Å². The number of fused-ring (bicyclic) bond motifs is 1. The van der Waals surface area contributed by atoms with Gasteiger partial charge in [0.05, 0.1) is 54.9 Å². The molecule has 1 aliphatic carbocycles. The van der Waals surface area contributed by atoms with E-state index in [1.165, 1.54) is 12.1 Å². The summed E-state index contributed by atoms with van der Waals surface area (Å²) in [5.41, 5.74) is 0.852. The third kappa shape index (κ3) is 8.25. The second-order valence-corrected chi connectivity index (χ2v) is 13.4. The zero-order valence-corrected chi connectivity index (χ0v) is 25.5. The third-order valence-electron chi connectivity index (χ3n) is 7.96. The number of benzene rings is 2. The molecule has 3 aliphatic rings. The molecule has 0 radical (unpaired) electrons. The highest BCUT2D eigenvalue weighted by Gasteiger charge is 2.44. The number of amides is 1. The summed E-state index contributed by atoms with van der Waals surface area (Å²) in [6.45, 7) is 4.09. The van der Waals surface area contributed by atoms with Gasteiger partial charge in [0.2, 0.25) is 0 Å². The van der Waals surface area contributed by atoms with E-state index in [2.05, 4.69) is 5.32 Å². The van der Waals surface area contributed by atoms with Crippen LogP contribution >= 0.6 is 0 Å². The number of aliphatic hydroxyl groups excluding tert-OH is 1. The Morgan fingerprint density at radius 2 is 1.84 bits per heavy atom. The Bertz CT molecular complexity index is 1300. The van der Waals surface area contributed by atoms with Gasteiger partial charge in [-0.05, 0) is 57.2 Å². The summed E-state index contributed by atoms with van der Waals surface area (Å²) in [7, 11) is -4.21. The van der Waals surface area contributed by atoms with Crippen LogP contribution in [-0.4, -0.2) is 80.6 Å². The van der Waals surface area contributed by atoms with E-state index in [9.17, 15) is 18.3 Å². The number of rotatable bonds is 13. The highest BCUT2D eigenvalue weighted by Crippen LogP contribution is 2.33. The second-order valence-electron chi connectivity index (χ2n) is 11.6. The summed E-state index contributed by atoms with van der Waals surface area (Å²) in [6, 6.07) is 14.7. The van der Waals surface area contributed by atoms with Crippen molar-refractivity contribution < 1.29 is 42.1 Å². The Hall–Kier alpha value is -2.74. The smallest absolute Gasteiger partial charge is 0.407 e. The van der Waals surface area contributed by atoms with Crippen molar-refractivity contribution in [3.63, 3.8) is 0 Å². The SMILES string of the molecule is CC(C)Oc1cccc(S(=O)(=O)N(C[C@H](O)C(Cc2ccccc2)NC(=O)O[C@H]2CO[C@H]3OCC[C@H]32)OC2CCCC2)c1. The number of hydrogen-bond donors (Lipinski definition) is 2. The Morgan fingerprint density at radius 1 is 1.07 bits per heavy atom. The monoisotopic (exact) mass is 618 g/mol. The molecule has 3 fully saturated rings. The Kier molecular flexibility index (Phi) is 10.6. The standard InChI is InChI=1S/C31H42N2O9S/c1-21(2)40-24-13-8-14-25(18-24)43(36,37)33(42-23-11-6-7-12-23)19-28(34)27(17-22-9-4-3-5-10-22)32-31(35)41-29-20-39-30-26(29)15-16-38-30/h3-5,8-10,13-14,18,21,23,26-30,34H,6-7,11-12,15-17,19-20H2,1-2H3,(H,32,35)/t26-,27?,28-,29-,30+/m0/s1. The topological polar surface area (TPSA) is 133 Å². The minimum absolute atomic E-state index is 0.0163. The lowest BCUT2D eigenvalue weighted by Gasteiger charge is -2.31. The van der Waals surface area contributed by atoms with Gasteiger partial charge in [0.1, 0.15) is 11.9 Å². The molecule has 12 heteroatoms. The molecule has 5 atom stereocenters. The molecule has 2 aromatic carbocycles. The van der Waals surface area contributed by atoms with Gasteiger partial charge in [-0.15, -0.1) is 0 Å². The van der Waals surface area contributed by atoms with Gasteiger partial charge in [0.15, 0.2) is 6.29 Å². The first-order valence-corrected chi connectivity index (χ1v) is 16.5. The number of alkyl carbamates (subject to hydrolysis) is 1. The summed E-state index contributed by atoms with van der Waals surface area (Å²) < 4.78 is 51.3. The minimum Gasteiger partial charge on any atom is -0.491 e. The second kappa shape index (κ2) is 14.4. The van der Waals surface area contributed by atoms with E-state index in [4.69, 9.17) is 23.8 Å². The van der Waals surface area contributed by atoms with Crippen LogP contribution in [0.1, 0.15) is 51.5 Å². The average molecular weight is 619 g/mol. The summed E-state index contributed by atoms with van der Waals surface area (Å²) in [4.78, 5) is 19.1. The lowest BCUT2D eigenvalue weighted by molar-refractivity contribution is -0.145. The van der Waals surface area contributed by atoms with Gasteiger partial charge >= 0.3 is 6.09 Å². The maximum Gasteiger partial charge on any atom is 0.407 e. The Morgan fingerprint density at radius 3 is 2.58 bits per heavy atom. The van der Waals surface area contributed by atoms with Crippen molar-refractivity contribution in [3.8, 4) is 5.75 Å². The normalized spacial score (nSPS) is 23.8. The number of hydrogen-bond acceptors (Lipinski definition) is 9. The van der Waals surface area contributed by atoms with E-state index in [0.29, 0.717) is 25.2 Å². The van der Waals surface area contributed by atoms with E-state index >= 15 is 0 Å². The lowest BCUT2D eigenvalue weighted by atomic mass is 10.0. The first kappa shape index (κ1) is 31.7. The number of ether oxygens (including phenoxy) is 4. The molecule has 1 saturated carbocycles. The molecule has 1 unspecified atom stereocenters. The van der Waals surface area contributed by atoms with E-state index in [1.54, 1.807) is 12.1 Å². The molecule has 0 spiro atoms. The van der Waals surface area contributed by atoms with Crippen LogP contribution in [0.4, 0.5) is 4.79 Å². The number of nitrogens with one attached hydrogen (secondary N) is 1. The summed E-state index contributed by atoms with van der Waals surface area (Å²) in [5.74, 6) is 0.369. The van der Waals surface area contributed by atoms with E-state index < -0.39 is 40.9 Å². The van der Waals surface area contributed by atoms with Gasteiger partial charge in [-0.2, -0.15) is 0 Å². The fourth-order valence-corrected chi connectivity index (χ4v) is 7.09. The number of nitrogens with zero attached hydrogens (tertiary/aromatic N) is 1. The number of carbonyl (C=O) groups excluding carboxylic acids is 1. The quantitative estimate of drug-likeness (QED) is 0.322. The molecule has 11 nitrogen and oxygen atoms in total. The molecule has 2 N–H and O–H groups in total. The van der Waals surface area contributed by atoms with Crippen molar-refractivity contribution in [1.29, 1.82) is 0 Å². The number of aliphatic hydroxyl groups is 1. The van der Waals surface area contributed by atoms with Crippen molar-refractivity contribution in [2.75, 3.05) is 19.8 Å². The molecule has 1 amide bonds. The van der Waals surface area contributed by atoms with Gasteiger partial charge in [-0.3, -0.25) is 4.84 Å². The first-order chi connectivity index (χ1) is 20.7. The predicted octanol–water partition coefficient (Wildman–Crippen LogP) is 3.80. The molecule has 0 aromatic heterocycles. The fourth-order valence-electron chi connectivity index (χ4n) is 5.76.